The first-order valence-electron chi connectivity index (χ1n) is 6.34. The first kappa shape index (κ1) is 16.9. The second-order valence-electron chi connectivity index (χ2n) is 5.37. The van der Waals surface area contributed by atoms with Crippen molar-refractivity contribution in [3.8, 4) is 5.75 Å². The summed E-state index contributed by atoms with van der Waals surface area (Å²) in [6.07, 6.45) is -0.0390. The molecule has 0 aromatic heterocycles. The molecular weight excluding hydrogens is 278 g/mol. The van der Waals surface area contributed by atoms with Gasteiger partial charge in [0.05, 0.1) is 11.3 Å². The standard InChI is InChI=1S/C14H19NO6/c1-14(2,3)21-13(16)8-10-5-6-12(20-9-19-4)11(7-10)15(17)18/h5-7H,8-9H2,1-4H3. The van der Waals surface area contributed by atoms with E-state index >= 15 is 0 Å². The molecule has 0 bridgehead atoms. The van der Waals surface area contributed by atoms with Crippen LogP contribution in [0.5, 0.6) is 5.75 Å². The van der Waals surface area contributed by atoms with Crippen LogP contribution in [0.15, 0.2) is 18.2 Å². The SMILES string of the molecule is COCOc1ccc(CC(=O)OC(C)(C)C)cc1[N+](=O)[O-]. The van der Waals surface area contributed by atoms with Crippen LogP contribution in [0, 0.1) is 10.1 Å². The molecule has 0 atom stereocenters. The largest absolute Gasteiger partial charge is 0.460 e. The molecule has 21 heavy (non-hydrogen) atoms. The Kier molecular flexibility index (Phi) is 5.66. The molecule has 0 spiro atoms. The molecule has 0 unspecified atom stereocenters. The fourth-order valence-electron chi connectivity index (χ4n) is 1.60. The number of carbonyl (C=O) groups excluding carboxylic acids is 1. The van der Waals surface area contributed by atoms with Crippen molar-refractivity contribution in [1.82, 2.24) is 0 Å². The summed E-state index contributed by atoms with van der Waals surface area (Å²) in [6.45, 7) is 5.19. The Morgan fingerprint density at radius 1 is 1.33 bits per heavy atom. The summed E-state index contributed by atoms with van der Waals surface area (Å²) >= 11 is 0. The number of carbonyl (C=O) groups is 1. The van der Waals surface area contributed by atoms with Gasteiger partial charge in [0.25, 0.3) is 0 Å². The molecule has 116 valence electrons. The molecule has 0 heterocycles. The summed E-state index contributed by atoms with van der Waals surface area (Å²) in [5, 5.41) is 11.0. The van der Waals surface area contributed by atoms with Gasteiger partial charge in [0.1, 0.15) is 5.60 Å². The monoisotopic (exact) mass is 297 g/mol. The number of nitrogens with zero attached hydrogens (tertiary/aromatic N) is 1. The van der Waals surface area contributed by atoms with Crippen molar-refractivity contribution >= 4 is 11.7 Å². The highest BCUT2D eigenvalue weighted by atomic mass is 16.7. The lowest BCUT2D eigenvalue weighted by molar-refractivity contribution is -0.386. The predicted molar refractivity (Wildman–Crippen MR) is 75.1 cm³/mol. The van der Waals surface area contributed by atoms with Gasteiger partial charge in [0.2, 0.25) is 0 Å². The van der Waals surface area contributed by atoms with Crippen molar-refractivity contribution in [2.75, 3.05) is 13.9 Å². The van der Waals surface area contributed by atoms with Gasteiger partial charge in [-0.25, -0.2) is 0 Å². The average molecular weight is 297 g/mol. The number of benzene rings is 1. The molecule has 0 saturated heterocycles. The van der Waals surface area contributed by atoms with Gasteiger partial charge in [0.15, 0.2) is 12.5 Å². The van der Waals surface area contributed by atoms with Gasteiger partial charge >= 0.3 is 11.7 Å². The van der Waals surface area contributed by atoms with Gasteiger partial charge in [-0.3, -0.25) is 14.9 Å². The van der Waals surface area contributed by atoms with Crippen LogP contribution >= 0.6 is 0 Å². The quantitative estimate of drug-likeness (QED) is 0.347. The van der Waals surface area contributed by atoms with Gasteiger partial charge in [0, 0.05) is 13.2 Å². The fourth-order valence-corrected chi connectivity index (χ4v) is 1.60. The number of methoxy groups -OCH3 is 1. The number of hydrogen-bond donors (Lipinski definition) is 0. The third kappa shape index (κ3) is 5.78. The zero-order valence-corrected chi connectivity index (χ0v) is 12.5. The smallest absolute Gasteiger partial charge is 0.311 e. The summed E-state index contributed by atoms with van der Waals surface area (Å²) in [5.74, 6) is -0.350. The minimum Gasteiger partial charge on any atom is -0.460 e. The van der Waals surface area contributed by atoms with E-state index in [2.05, 4.69) is 0 Å². The van der Waals surface area contributed by atoms with E-state index in [9.17, 15) is 14.9 Å². The first-order valence-corrected chi connectivity index (χ1v) is 6.34. The Hall–Kier alpha value is -2.15. The second kappa shape index (κ2) is 7.03. The number of rotatable bonds is 6. The predicted octanol–water partition coefficient (Wildman–Crippen LogP) is 2.46. The number of hydrogen-bond acceptors (Lipinski definition) is 6. The summed E-state index contributed by atoms with van der Waals surface area (Å²) in [7, 11) is 1.42. The van der Waals surface area contributed by atoms with Crippen LogP contribution in [0.4, 0.5) is 5.69 Å². The third-order valence-corrected chi connectivity index (χ3v) is 2.32. The van der Waals surface area contributed by atoms with Gasteiger partial charge in [-0.15, -0.1) is 0 Å². The molecule has 0 N–H and O–H groups in total. The van der Waals surface area contributed by atoms with Crippen LogP contribution in [-0.4, -0.2) is 30.4 Å². The van der Waals surface area contributed by atoms with E-state index in [0.717, 1.165) is 0 Å². The van der Waals surface area contributed by atoms with Crippen molar-refractivity contribution in [2.45, 2.75) is 32.8 Å². The van der Waals surface area contributed by atoms with E-state index in [-0.39, 0.29) is 24.7 Å². The molecular formula is C14H19NO6. The van der Waals surface area contributed by atoms with E-state index in [1.54, 1.807) is 26.8 Å². The number of ether oxygens (including phenoxy) is 3. The highest BCUT2D eigenvalue weighted by Crippen LogP contribution is 2.28. The van der Waals surface area contributed by atoms with Crippen molar-refractivity contribution in [1.29, 1.82) is 0 Å². The van der Waals surface area contributed by atoms with Crippen LogP contribution < -0.4 is 4.74 Å². The molecule has 0 saturated carbocycles. The topological polar surface area (TPSA) is 87.9 Å². The molecule has 1 aromatic carbocycles. The lowest BCUT2D eigenvalue weighted by Crippen LogP contribution is -2.24. The number of esters is 1. The molecule has 0 aliphatic rings. The second-order valence-corrected chi connectivity index (χ2v) is 5.37. The molecule has 0 fully saturated rings. The van der Waals surface area contributed by atoms with E-state index in [1.165, 1.54) is 19.2 Å². The molecule has 0 amide bonds. The Morgan fingerprint density at radius 3 is 2.52 bits per heavy atom. The summed E-state index contributed by atoms with van der Waals surface area (Å²) in [5.41, 5.74) is -0.321. The van der Waals surface area contributed by atoms with Crippen molar-refractivity contribution in [3.63, 3.8) is 0 Å². The molecule has 0 radical (unpaired) electrons. The van der Waals surface area contributed by atoms with Gasteiger partial charge in [-0.2, -0.15) is 0 Å². The fraction of sp³-hybridized carbons (Fsp3) is 0.500. The van der Waals surface area contributed by atoms with Crippen LogP contribution in [-0.2, 0) is 20.7 Å². The van der Waals surface area contributed by atoms with E-state index < -0.39 is 16.5 Å². The van der Waals surface area contributed by atoms with Crippen LogP contribution in [0.1, 0.15) is 26.3 Å². The molecule has 1 aromatic rings. The molecule has 7 heteroatoms. The van der Waals surface area contributed by atoms with Crippen LogP contribution in [0.3, 0.4) is 0 Å². The highest BCUT2D eigenvalue weighted by Gasteiger charge is 2.20. The summed E-state index contributed by atoms with van der Waals surface area (Å²) < 4.78 is 15.0. The summed E-state index contributed by atoms with van der Waals surface area (Å²) in [6, 6.07) is 4.33. The normalized spacial score (nSPS) is 11.0. The minimum atomic E-state index is -0.593. The zero-order valence-electron chi connectivity index (χ0n) is 12.5. The summed E-state index contributed by atoms with van der Waals surface area (Å²) in [4.78, 5) is 22.2. The third-order valence-electron chi connectivity index (χ3n) is 2.32. The minimum absolute atomic E-state index is 0.0390. The van der Waals surface area contributed by atoms with E-state index in [1.807, 2.05) is 0 Å². The number of nitro groups is 1. The lowest BCUT2D eigenvalue weighted by atomic mass is 10.1. The zero-order chi connectivity index (χ0) is 16.0. The van der Waals surface area contributed by atoms with E-state index in [4.69, 9.17) is 14.2 Å². The van der Waals surface area contributed by atoms with Crippen LogP contribution in [0.25, 0.3) is 0 Å². The van der Waals surface area contributed by atoms with Gasteiger partial charge in [-0.05, 0) is 32.4 Å². The maximum absolute atomic E-state index is 11.7. The Bertz CT molecular complexity index is 521. The Balaban J connectivity index is 2.88. The highest BCUT2D eigenvalue weighted by molar-refractivity contribution is 5.73. The number of nitro benzene ring substituents is 1. The van der Waals surface area contributed by atoms with E-state index in [0.29, 0.717) is 5.56 Å². The molecule has 7 nitrogen and oxygen atoms in total. The molecule has 0 aliphatic carbocycles. The van der Waals surface area contributed by atoms with Crippen molar-refractivity contribution < 1.29 is 23.9 Å². The van der Waals surface area contributed by atoms with Crippen molar-refractivity contribution in [3.05, 3.63) is 33.9 Å². The van der Waals surface area contributed by atoms with Gasteiger partial charge in [-0.1, -0.05) is 6.07 Å². The van der Waals surface area contributed by atoms with Crippen molar-refractivity contribution in [2.24, 2.45) is 0 Å². The Labute approximate surface area is 123 Å². The maximum Gasteiger partial charge on any atom is 0.311 e. The first-order chi connectivity index (χ1) is 9.73. The maximum atomic E-state index is 11.7. The van der Waals surface area contributed by atoms with Crippen LogP contribution in [0.2, 0.25) is 0 Å². The Morgan fingerprint density at radius 2 is 2.00 bits per heavy atom. The average Bonchev–Trinajstić information content (AvgIpc) is 2.34. The van der Waals surface area contributed by atoms with Gasteiger partial charge < -0.3 is 14.2 Å². The molecule has 1 rings (SSSR count). The lowest BCUT2D eigenvalue weighted by Gasteiger charge is -2.19. The molecule has 0 aliphatic heterocycles.